The maximum Gasteiger partial charge on any atom is 0.245 e. The first-order valence-corrected chi connectivity index (χ1v) is 6.81. The van der Waals surface area contributed by atoms with Crippen molar-refractivity contribution in [3.63, 3.8) is 0 Å². The van der Waals surface area contributed by atoms with E-state index in [9.17, 15) is 9.59 Å². The van der Waals surface area contributed by atoms with Crippen LogP contribution in [-0.2, 0) is 14.3 Å². The summed E-state index contributed by atoms with van der Waals surface area (Å²) >= 11 is 0. The number of ether oxygens (including phenoxy) is 1. The third-order valence-electron chi connectivity index (χ3n) is 3.53. The van der Waals surface area contributed by atoms with Gasteiger partial charge in [0.05, 0.1) is 6.10 Å². The van der Waals surface area contributed by atoms with Crippen LogP contribution in [-0.4, -0.2) is 48.6 Å². The molecule has 18 heavy (non-hydrogen) atoms. The molecule has 0 aromatic carbocycles. The molecule has 0 bridgehead atoms. The Morgan fingerprint density at radius 1 is 1.44 bits per heavy atom. The Balaban J connectivity index is 1.99. The molecular weight excluding hydrogens is 232 g/mol. The van der Waals surface area contributed by atoms with Crippen LogP contribution in [0.3, 0.4) is 0 Å². The van der Waals surface area contributed by atoms with Gasteiger partial charge in [0.15, 0.2) is 0 Å². The van der Waals surface area contributed by atoms with E-state index in [0.717, 1.165) is 12.8 Å². The molecule has 2 unspecified atom stereocenters. The van der Waals surface area contributed by atoms with E-state index in [-0.39, 0.29) is 24.0 Å². The van der Waals surface area contributed by atoms with Gasteiger partial charge in [0.25, 0.3) is 0 Å². The number of hydrogen-bond donors (Lipinski definition) is 1. The first-order chi connectivity index (χ1) is 8.61. The fourth-order valence-electron chi connectivity index (χ4n) is 2.43. The summed E-state index contributed by atoms with van der Waals surface area (Å²) in [4.78, 5) is 25.8. The number of nitrogens with zero attached hydrogens (tertiary/aromatic N) is 1. The van der Waals surface area contributed by atoms with Crippen molar-refractivity contribution in [2.24, 2.45) is 5.92 Å². The van der Waals surface area contributed by atoms with Crippen LogP contribution in [0.25, 0.3) is 0 Å². The fraction of sp³-hybridized carbons (Fsp3) is 0.846. The van der Waals surface area contributed by atoms with Crippen LogP contribution in [0.5, 0.6) is 0 Å². The van der Waals surface area contributed by atoms with Gasteiger partial charge in [-0.25, -0.2) is 0 Å². The summed E-state index contributed by atoms with van der Waals surface area (Å²) in [7, 11) is 0. The molecule has 5 heteroatoms. The summed E-state index contributed by atoms with van der Waals surface area (Å²) in [5.74, 6) is 0.408. The minimum atomic E-state index is -0.297. The second-order valence-corrected chi connectivity index (χ2v) is 5.18. The zero-order valence-corrected chi connectivity index (χ0v) is 11.1. The van der Waals surface area contributed by atoms with Crippen molar-refractivity contribution in [1.82, 2.24) is 10.2 Å². The van der Waals surface area contributed by atoms with Gasteiger partial charge in [-0.05, 0) is 32.6 Å². The summed E-state index contributed by atoms with van der Waals surface area (Å²) in [6.45, 7) is 5.63. The summed E-state index contributed by atoms with van der Waals surface area (Å²) in [6.07, 6.45) is 2.51. The molecule has 1 saturated heterocycles. The Morgan fingerprint density at radius 2 is 2.17 bits per heavy atom. The van der Waals surface area contributed by atoms with Crippen molar-refractivity contribution in [3.8, 4) is 0 Å². The van der Waals surface area contributed by atoms with E-state index in [1.165, 1.54) is 0 Å². The van der Waals surface area contributed by atoms with E-state index in [0.29, 0.717) is 32.0 Å². The maximum absolute atomic E-state index is 12.4. The molecule has 2 amide bonds. The standard InChI is InChI=1S/C13H22N2O3/c1-3-18-9(2)8-15-7-6-11(16)14-12(13(15)17)10-4-5-10/h9-10,12H,3-8H2,1-2H3,(H,14,16). The van der Waals surface area contributed by atoms with Crippen molar-refractivity contribution < 1.29 is 14.3 Å². The zero-order valence-electron chi connectivity index (χ0n) is 11.1. The monoisotopic (exact) mass is 254 g/mol. The lowest BCUT2D eigenvalue weighted by Crippen LogP contribution is -2.47. The van der Waals surface area contributed by atoms with Gasteiger partial charge < -0.3 is 15.0 Å². The van der Waals surface area contributed by atoms with Gasteiger partial charge in [-0.2, -0.15) is 0 Å². The van der Waals surface area contributed by atoms with Crippen LogP contribution < -0.4 is 5.32 Å². The van der Waals surface area contributed by atoms with E-state index in [1.807, 2.05) is 13.8 Å². The molecule has 1 saturated carbocycles. The first kappa shape index (κ1) is 13.3. The fourth-order valence-corrected chi connectivity index (χ4v) is 2.43. The topological polar surface area (TPSA) is 58.6 Å². The molecule has 2 rings (SSSR count). The minimum Gasteiger partial charge on any atom is -0.377 e. The van der Waals surface area contributed by atoms with Crippen molar-refractivity contribution in [3.05, 3.63) is 0 Å². The maximum atomic E-state index is 12.4. The number of rotatable bonds is 5. The highest BCUT2D eigenvalue weighted by molar-refractivity contribution is 5.90. The highest BCUT2D eigenvalue weighted by Crippen LogP contribution is 2.34. The number of amides is 2. The van der Waals surface area contributed by atoms with Gasteiger partial charge in [0, 0.05) is 26.1 Å². The highest BCUT2D eigenvalue weighted by Gasteiger charge is 2.41. The molecule has 2 fully saturated rings. The number of carbonyl (C=O) groups excluding carboxylic acids is 2. The molecular formula is C13H22N2O3. The molecule has 2 aliphatic rings. The van der Waals surface area contributed by atoms with Gasteiger partial charge in [-0.1, -0.05) is 0 Å². The lowest BCUT2D eigenvalue weighted by molar-refractivity contribution is -0.135. The van der Waals surface area contributed by atoms with E-state index in [2.05, 4.69) is 5.32 Å². The molecule has 0 aromatic rings. The van der Waals surface area contributed by atoms with Crippen molar-refractivity contribution in [2.75, 3.05) is 19.7 Å². The van der Waals surface area contributed by atoms with Gasteiger partial charge in [-0.3, -0.25) is 9.59 Å². The van der Waals surface area contributed by atoms with Crippen LogP contribution in [0.15, 0.2) is 0 Å². The predicted octanol–water partition coefficient (Wildman–Crippen LogP) is 0.538. The molecule has 1 N–H and O–H groups in total. The van der Waals surface area contributed by atoms with E-state index in [1.54, 1.807) is 4.90 Å². The number of carbonyl (C=O) groups is 2. The van der Waals surface area contributed by atoms with Crippen LogP contribution >= 0.6 is 0 Å². The summed E-state index contributed by atoms with van der Waals surface area (Å²) in [5.41, 5.74) is 0. The lowest BCUT2D eigenvalue weighted by Gasteiger charge is -2.26. The molecule has 2 atom stereocenters. The van der Waals surface area contributed by atoms with E-state index >= 15 is 0 Å². The SMILES string of the molecule is CCOC(C)CN1CCC(=O)NC(C2CC2)C1=O. The quantitative estimate of drug-likeness (QED) is 0.779. The lowest BCUT2D eigenvalue weighted by atomic mass is 10.1. The van der Waals surface area contributed by atoms with Crippen LogP contribution in [0.1, 0.15) is 33.1 Å². The molecule has 5 nitrogen and oxygen atoms in total. The third kappa shape index (κ3) is 3.22. The molecule has 1 aliphatic heterocycles. The second kappa shape index (κ2) is 5.69. The largest absolute Gasteiger partial charge is 0.377 e. The van der Waals surface area contributed by atoms with E-state index < -0.39 is 0 Å². The Bertz CT molecular complexity index is 328. The molecule has 0 radical (unpaired) electrons. The summed E-state index contributed by atoms with van der Waals surface area (Å²) < 4.78 is 5.47. The highest BCUT2D eigenvalue weighted by atomic mass is 16.5. The van der Waals surface area contributed by atoms with Crippen molar-refractivity contribution in [2.45, 2.75) is 45.3 Å². The Morgan fingerprint density at radius 3 is 2.78 bits per heavy atom. The average Bonchev–Trinajstić information content (AvgIpc) is 3.14. The molecule has 0 aromatic heterocycles. The van der Waals surface area contributed by atoms with Gasteiger partial charge in [-0.15, -0.1) is 0 Å². The van der Waals surface area contributed by atoms with Crippen LogP contribution in [0.4, 0.5) is 0 Å². The van der Waals surface area contributed by atoms with Crippen molar-refractivity contribution >= 4 is 11.8 Å². The number of nitrogens with one attached hydrogen (secondary N) is 1. The molecule has 1 heterocycles. The minimum absolute atomic E-state index is 0.00758. The second-order valence-electron chi connectivity index (χ2n) is 5.18. The predicted molar refractivity (Wildman–Crippen MR) is 66.9 cm³/mol. The van der Waals surface area contributed by atoms with E-state index in [4.69, 9.17) is 4.74 Å². The van der Waals surface area contributed by atoms with Gasteiger partial charge in [0.1, 0.15) is 6.04 Å². The summed E-state index contributed by atoms with van der Waals surface area (Å²) in [5, 5.41) is 2.85. The molecule has 102 valence electrons. The summed E-state index contributed by atoms with van der Waals surface area (Å²) in [6, 6.07) is -0.297. The Hall–Kier alpha value is -1.10. The van der Waals surface area contributed by atoms with Gasteiger partial charge >= 0.3 is 0 Å². The first-order valence-electron chi connectivity index (χ1n) is 6.81. The van der Waals surface area contributed by atoms with Crippen LogP contribution in [0, 0.1) is 5.92 Å². The number of hydrogen-bond acceptors (Lipinski definition) is 3. The van der Waals surface area contributed by atoms with Crippen LogP contribution in [0.2, 0.25) is 0 Å². The third-order valence-corrected chi connectivity index (χ3v) is 3.53. The Kier molecular flexibility index (Phi) is 4.22. The average molecular weight is 254 g/mol. The van der Waals surface area contributed by atoms with Crippen molar-refractivity contribution in [1.29, 1.82) is 0 Å². The smallest absolute Gasteiger partial charge is 0.245 e. The Labute approximate surface area is 108 Å². The normalized spacial score (nSPS) is 26.8. The molecule has 1 aliphatic carbocycles. The molecule has 0 spiro atoms. The van der Waals surface area contributed by atoms with Gasteiger partial charge in [0.2, 0.25) is 11.8 Å². The zero-order chi connectivity index (χ0) is 13.1.